The maximum atomic E-state index is 8.88. The third-order valence-electron chi connectivity index (χ3n) is 0. The largest absolute Gasteiger partial charge is 1.00 e. The molecule has 0 heterocycles. The van der Waals surface area contributed by atoms with Gasteiger partial charge in [-0.2, -0.15) is 0 Å². The van der Waals surface area contributed by atoms with E-state index in [-0.39, 0.29) is 55.9 Å². The first kappa shape index (κ1) is 22.6. The predicted octanol–water partition coefficient (Wildman–Crippen LogP) is -3.82. The van der Waals surface area contributed by atoms with Crippen LogP contribution in [0, 0.1) is 0 Å². The number of phosphoric acid groups is 1. The van der Waals surface area contributed by atoms with Gasteiger partial charge in [-0.15, -0.1) is 0 Å². The quantitative estimate of drug-likeness (QED) is 0.284. The molecule has 0 aromatic heterocycles. The zero-order valence-electron chi connectivity index (χ0n) is 5.00. The molecule has 0 aliphatic carbocycles. The predicted molar refractivity (Wildman–Crippen MR) is 15.4 cm³/mol. The molecule has 0 bridgehead atoms. The van der Waals surface area contributed by atoms with Crippen molar-refractivity contribution in [3.63, 3.8) is 0 Å². The van der Waals surface area contributed by atoms with E-state index in [1.165, 1.54) is 0 Å². The fourth-order valence-electron chi connectivity index (χ4n) is 0. The molecule has 0 unspecified atom stereocenters. The van der Waals surface area contributed by atoms with E-state index in [2.05, 4.69) is 0 Å². The average Bonchev–Trinajstić information content (AvgIpc) is 0.722. The smallest absolute Gasteiger partial charge is 1.00 e. The van der Waals surface area contributed by atoms with Crippen LogP contribution in [-0.2, 0) is 40.2 Å². The van der Waals surface area contributed by atoms with Crippen molar-refractivity contribution >= 4 is 7.82 Å². The zero-order chi connectivity index (χ0) is 4.50. The van der Waals surface area contributed by atoms with Crippen LogP contribution in [0.5, 0.6) is 0 Å². The van der Waals surface area contributed by atoms with E-state index >= 15 is 0 Å². The monoisotopic (exact) mass is 213 g/mol. The molecule has 0 saturated carbocycles. The van der Waals surface area contributed by atoms with Crippen molar-refractivity contribution in [2.75, 3.05) is 0 Å². The molecule has 0 spiro atoms. The van der Waals surface area contributed by atoms with E-state index in [9.17, 15) is 0 Å². The summed E-state index contributed by atoms with van der Waals surface area (Å²) in [4.78, 5) is 21.6. The summed E-state index contributed by atoms with van der Waals surface area (Å²) in [5, 5.41) is 0. The first-order chi connectivity index (χ1) is 2.00. The Kier molecular flexibility index (Phi) is 24.8. The van der Waals surface area contributed by atoms with Crippen molar-refractivity contribution in [1.82, 2.24) is 0 Å². The third-order valence-corrected chi connectivity index (χ3v) is 0. The van der Waals surface area contributed by atoms with Crippen molar-refractivity contribution in [2.24, 2.45) is 0 Å². The Labute approximate surface area is 82.7 Å². The van der Waals surface area contributed by atoms with Gasteiger partial charge in [0, 0.05) is 35.6 Å². The van der Waals surface area contributed by atoms with Gasteiger partial charge in [0.2, 0.25) is 0 Å². The minimum Gasteiger partial charge on any atom is -1.00 e. The van der Waals surface area contributed by atoms with E-state index in [1.807, 2.05) is 0 Å². The van der Waals surface area contributed by atoms with Crippen LogP contribution in [0.25, 0.3) is 0 Å². The molecule has 0 aliphatic rings. The molecule has 0 aromatic carbocycles. The number of hydrogen-bond acceptors (Lipinski definition) is 1. The van der Waals surface area contributed by atoms with Crippen LogP contribution in [0.2, 0.25) is 0 Å². The molecule has 0 aromatic rings. The summed E-state index contributed by atoms with van der Waals surface area (Å²) in [6.45, 7) is 0. The van der Waals surface area contributed by atoms with Crippen LogP contribution in [0.1, 0.15) is 1.43 Å². The van der Waals surface area contributed by atoms with Crippen molar-refractivity contribution in [1.29, 1.82) is 0 Å². The third kappa shape index (κ3) is 110. The maximum Gasteiger partial charge on any atom is 1.00 e. The second-order valence-electron chi connectivity index (χ2n) is 0.513. The standard InChI is InChI=1S/Fe.Li.H3O4P.V.H/c;;1-5(2,3)4;;/h;;(H3,1,2,3,4);;/q;+1;;;-1. The first-order valence-electron chi connectivity index (χ1n) is 0.783. The summed E-state index contributed by atoms with van der Waals surface area (Å²) < 4.78 is 8.88. The average molecular weight is 213 g/mol. The minimum absolute atomic E-state index is 0. The summed E-state index contributed by atoms with van der Waals surface area (Å²) in [6.07, 6.45) is 0. The fraction of sp³-hybridized carbons (Fsp3) is 0. The molecule has 3 N–H and O–H groups in total. The van der Waals surface area contributed by atoms with Crippen LogP contribution < -0.4 is 18.9 Å². The summed E-state index contributed by atoms with van der Waals surface area (Å²) in [5.74, 6) is 0. The van der Waals surface area contributed by atoms with Gasteiger partial charge in [-0.05, 0) is 0 Å². The van der Waals surface area contributed by atoms with Crippen LogP contribution in [0.4, 0.5) is 0 Å². The van der Waals surface area contributed by atoms with Gasteiger partial charge >= 0.3 is 26.7 Å². The molecule has 0 amide bonds. The Bertz CT molecular complexity index is 66.7. The molecular weight excluding hydrogens is 209 g/mol. The van der Waals surface area contributed by atoms with Gasteiger partial charge in [0.25, 0.3) is 0 Å². The van der Waals surface area contributed by atoms with Gasteiger partial charge in [0.1, 0.15) is 0 Å². The topological polar surface area (TPSA) is 77.8 Å². The minimum atomic E-state index is -4.64. The fourth-order valence-corrected chi connectivity index (χ4v) is 0. The van der Waals surface area contributed by atoms with E-state index in [0.29, 0.717) is 0 Å². The molecular formula is H4FeLiO4PV. The molecule has 0 atom stereocenters. The SMILES string of the molecule is O=P(O)(O)O.[Fe].[H-].[Li+].[V]. The maximum absolute atomic E-state index is 8.88. The Morgan fingerprint density at radius 3 is 1.25 bits per heavy atom. The van der Waals surface area contributed by atoms with E-state index in [1.54, 1.807) is 0 Å². The van der Waals surface area contributed by atoms with E-state index in [0.717, 1.165) is 0 Å². The molecule has 1 radical (unpaired) electrons. The number of rotatable bonds is 0. The Morgan fingerprint density at radius 1 is 1.25 bits per heavy atom. The van der Waals surface area contributed by atoms with Crippen LogP contribution in [0.15, 0.2) is 0 Å². The number of hydrogen-bond donors (Lipinski definition) is 3. The van der Waals surface area contributed by atoms with Gasteiger partial charge in [0.15, 0.2) is 0 Å². The zero-order valence-corrected chi connectivity index (χ0v) is 7.39. The molecule has 0 rings (SSSR count). The Morgan fingerprint density at radius 2 is 1.25 bits per heavy atom. The van der Waals surface area contributed by atoms with Gasteiger partial charge in [-0.1, -0.05) is 0 Å². The van der Waals surface area contributed by atoms with Crippen molar-refractivity contribution in [3.8, 4) is 0 Å². The Hall–Kier alpha value is 1.81. The van der Waals surface area contributed by atoms with E-state index in [4.69, 9.17) is 19.2 Å². The summed E-state index contributed by atoms with van der Waals surface area (Å²) >= 11 is 0. The van der Waals surface area contributed by atoms with Crippen LogP contribution in [0.3, 0.4) is 0 Å². The molecule has 47 valence electrons. The molecule has 4 nitrogen and oxygen atoms in total. The second-order valence-corrected chi connectivity index (χ2v) is 1.54. The molecule has 8 heteroatoms. The summed E-state index contributed by atoms with van der Waals surface area (Å²) in [7, 11) is -4.64. The van der Waals surface area contributed by atoms with Crippen molar-refractivity contribution < 1.29 is 75.2 Å². The second kappa shape index (κ2) is 8.81. The van der Waals surface area contributed by atoms with Gasteiger partial charge in [0.05, 0.1) is 0 Å². The van der Waals surface area contributed by atoms with Crippen LogP contribution >= 0.6 is 7.82 Å². The van der Waals surface area contributed by atoms with Gasteiger partial charge in [-0.25, -0.2) is 4.57 Å². The molecule has 0 fully saturated rings. The van der Waals surface area contributed by atoms with Crippen LogP contribution in [-0.4, -0.2) is 14.7 Å². The Balaban J connectivity index is -0.0000000133. The van der Waals surface area contributed by atoms with Gasteiger partial charge < -0.3 is 16.1 Å². The van der Waals surface area contributed by atoms with Crippen molar-refractivity contribution in [3.05, 3.63) is 0 Å². The molecule has 0 saturated heterocycles. The summed E-state index contributed by atoms with van der Waals surface area (Å²) in [5.41, 5.74) is 0. The summed E-state index contributed by atoms with van der Waals surface area (Å²) in [6, 6.07) is 0. The van der Waals surface area contributed by atoms with Crippen molar-refractivity contribution in [2.45, 2.75) is 0 Å². The van der Waals surface area contributed by atoms with E-state index < -0.39 is 7.82 Å². The normalized spacial score (nSPS) is 7.38. The first-order valence-corrected chi connectivity index (χ1v) is 2.35. The van der Waals surface area contributed by atoms with Gasteiger partial charge in [-0.3, -0.25) is 0 Å². The molecule has 0 aliphatic heterocycles. The molecule has 8 heavy (non-hydrogen) atoms.